The molecule has 0 atom stereocenters. The fourth-order valence-electron chi connectivity index (χ4n) is 0.681. The van der Waals surface area contributed by atoms with Crippen molar-refractivity contribution in [3.63, 3.8) is 0 Å². The Hall–Kier alpha value is -1.50. The largest absolute Gasteiger partial charge is 0.372 e. The van der Waals surface area contributed by atoms with Crippen molar-refractivity contribution in [3.05, 3.63) is 5.82 Å². The fourth-order valence-corrected chi connectivity index (χ4v) is 0.681. The van der Waals surface area contributed by atoms with Gasteiger partial charge in [-0.25, -0.2) is 0 Å². The number of nitrogens with one attached hydrogen (secondary N) is 2. The van der Waals surface area contributed by atoms with Crippen LogP contribution < -0.4 is 5.32 Å². The molecular weight excluding hydrogens is 174 g/mol. The first-order valence-electron chi connectivity index (χ1n) is 3.89. The lowest BCUT2D eigenvalue weighted by molar-refractivity contribution is -0.125. The number of hydrogen-bond acceptors (Lipinski definition) is 5. The van der Waals surface area contributed by atoms with Crippen molar-refractivity contribution in [1.29, 1.82) is 0 Å². The second-order valence-electron chi connectivity index (χ2n) is 2.24. The first kappa shape index (κ1) is 9.59. The minimum Gasteiger partial charge on any atom is -0.372 e. The number of amides is 1. The van der Waals surface area contributed by atoms with Crippen molar-refractivity contribution >= 4 is 5.91 Å². The molecule has 1 rings (SSSR count). The molecule has 0 unspecified atom stereocenters. The van der Waals surface area contributed by atoms with Crippen molar-refractivity contribution in [3.8, 4) is 0 Å². The standard InChI is InChI=1S/C6H11N5O2/c1-2-13-4-6(12)7-3-5-8-10-11-9-5/h2-4H2,1H3,(H,7,12)(H,8,9,10,11). The lowest BCUT2D eigenvalue weighted by atomic mass is 10.5. The van der Waals surface area contributed by atoms with Gasteiger partial charge in [0.1, 0.15) is 6.61 Å². The highest BCUT2D eigenvalue weighted by Crippen LogP contribution is 1.81. The Balaban J connectivity index is 2.15. The van der Waals surface area contributed by atoms with E-state index in [0.717, 1.165) is 0 Å². The maximum Gasteiger partial charge on any atom is 0.246 e. The number of carbonyl (C=O) groups excluding carboxylic acids is 1. The molecule has 1 aromatic heterocycles. The molecule has 0 bridgehead atoms. The van der Waals surface area contributed by atoms with Gasteiger partial charge in [-0.1, -0.05) is 5.21 Å². The molecule has 13 heavy (non-hydrogen) atoms. The summed E-state index contributed by atoms with van der Waals surface area (Å²) in [6, 6.07) is 0. The van der Waals surface area contributed by atoms with Crippen molar-refractivity contribution in [1.82, 2.24) is 25.9 Å². The Morgan fingerprint density at radius 2 is 2.54 bits per heavy atom. The summed E-state index contributed by atoms with van der Waals surface area (Å²) < 4.78 is 4.89. The zero-order valence-electron chi connectivity index (χ0n) is 7.28. The first-order chi connectivity index (χ1) is 6.33. The molecule has 0 aromatic carbocycles. The summed E-state index contributed by atoms with van der Waals surface area (Å²) in [7, 11) is 0. The number of ether oxygens (including phenoxy) is 1. The highest BCUT2D eigenvalue weighted by molar-refractivity contribution is 5.76. The molecule has 2 N–H and O–H groups in total. The Morgan fingerprint density at radius 3 is 3.15 bits per heavy atom. The molecule has 1 amide bonds. The summed E-state index contributed by atoms with van der Waals surface area (Å²) >= 11 is 0. The van der Waals surface area contributed by atoms with Gasteiger partial charge in [0, 0.05) is 6.61 Å². The lowest BCUT2D eigenvalue weighted by Crippen LogP contribution is -2.27. The summed E-state index contributed by atoms with van der Waals surface area (Å²) in [5.41, 5.74) is 0. The van der Waals surface area contributed by atoms with Gasteiger partial charge in [-0.05, 0) is 6.92 Å². The maximum atomic E-state index is 11.0. The number of carbonyl (C=O) groups is 1. The van der Waals surface area contributed by atoms with E-state index in [4.69, 9.17) is 4.74 Å². The molecule has 7 nitrogen and oxygen atoms in total. The van der Waals surface area contributed by atoms with E-state index in [1.54, 1.807) is 0 Å². The Morgan fingerprint density at radius 1 is 1.69 bits per heavy atom. The molecule has 0 radical (unpaired) electrons. The van der Waals surface area contributed by atoms with Crippen LogP contribution in [0, 0.1) is 0 Å². The van der Waals surface area contributed by atoms with Crippen LogP contribution >= 0.6 is 0 Å². The van der Waals surface area contributed by atoms with Gasteiger partial charge in [-0.3, -0.25) is 4.79 Å². The van der Waals surface area contributed by atoms with E-state index >= 15 is 0 Å². The second kappa shape index (κ2) is 5.20. The third-order valence-corrected chi connectivity index (χ3v) is 1.27. The SMILES string of the molecule is CCOCC(=O)NCc1nn[nH]n1. The Kier molecular flexibility index (Phi) is 3.83. The van der Waals surface area contributed by atoms with Gasteiger partial charge in [0.05, 0.1) is 6.54 Å². The molecule has 0 fully saturated rings. The highest BCUT2D eigenvalue weighted by Gasteiger charge is 2.02. The molecular formula is C6H11N5O2. The normalized spacial score (nSPS) is 9.92. The zero-order chi connectivity index (χ0) is 9.52. The third kappa shape index (κ3) is 3.61. The Labute approximate surface area is 74.9 Å². The van der Waals surface area contributed by atoms with Crippen LogP contribution in [0.25, 0.3) is 0 Å². The van der Waals surface area contributed by atoms with E-state index in [2.05, 4.69) is 25.9 Å². The van der Waals surface area contributed by atoms with Gasteiger partial charge in [-0.15, -0.1) is 10.2 Å². The van der Waals surface area contributed by atoms with E-state index in [1.165, 1.54) is 0 Å². The molecule has 0 aliphatic heterocycles. The van der Waals surface area contributed by atoms with Crippen LogP contribution in [0.4, 0.5) is 0 Å². The van der Waals surface area contributed by atoms with E-state index in [1.807, 2.05) is 6.92 Å². The van der Waals surface area contributed by atoms with Crippen molar-refractivity contribution < 1.29 is 9.53 Å². The van der Waals surface area contributed by atoms with Crippen LogP contribution in [0.2, 0.25) is 0 Å². The molecule has 0 aliphatic carbocycles. The summed E-state index contributed by atoms with van der Waals surface area (Å²) in [6.45, 7) is 2.68. The molecule has 72 valence electrons. The molecule has 7 heteroatoms. The van der Waals surface area contributed by atoms with Crippen LogP contribution in [-0.2, 0) is 16.1 Å². The third-order valence-electron chi connectivity index (χ3n) is 1.27. The number of aromatic amines is 1. The van der Waals surface area contributed by atoms with Gasteiger partial charge in [-0.2, -0.15) is 5.21 Å². The van der Waals surface area contributed by atoms with E-state index in [9.17, 15) is 4.79 Å². The summed E-state index contributed by atoms with van der Waals surface area (Å²) in [5.74, 6) is 0.261. The molecule has 0 aliphatic rings. The van der Waals surface area contributed by atoms with E-state index in [0.29, 0.717) is 12.4 Å². The van der Waals surface area contributed by atoms with Gasteiger partial charge >= 0.3 is 0 Å². The zero-order valence-corrected chi connectivity index (χ0v) is 7.28. The van der Waals surface area contributed by atoms with Gasteiger partial charge in [0.15, 0.2) is 5.82 Å². The molecule has 0 saturated carbocycles. The average molecular weight is 185 g/mol. The molecule has 0 saturated heterocycles. The highest BCUT2D eigenvalue weighted by atomic mass is 16.5. The van der Waals surface area contributed by atoms with Crippen molar-refractivity contribution in [2.24, 2.45) is 0 Å². The molecule has 0 spiro atoms. The average Bonchev–Trinajstić information content (AvgIpc) is 2.64. The van der Waals surface area contributed by atoms with Crippen LogP contribution in [0.1, 0.15) is 12.7 Å². The second-order valence-corrected chi connectivity index (χ2v) is 2.24. The monoisotopic (exact) mass is 185 g/mol. The van der Waals surface area contributed by atoms with Crippen molar-refractivity contribution in [2.75, 3.05) is 13.2 Å². The maximum absolute atomic E-state index is 11.0. The van der Waals surface area contributed by atoms with Crippen LogP contribution in [0.5, 0.6) is 0 Å². The van der Waals surface area contributed by atoms with Crippen LogP contribution in [0.3, 0.4) is 0 Å². The van der Waals surface area contributed by atoms with E-state index < -0.39 is 0 Å². The lowest BCUT2D eigenvalue weighted by Gasteiger charge is -2.01. The summed E-state index contributed by atoms with van der Waals surface area (Å²) in [4.78, 5) is 11.0. The number of H-pyrrole nitrogens is 1. The van der Waals surface area contributed by atoms with Crippen LogP contribution in [0.15, 0.2) is 0 Å². The minimum absolute atomic E-state index is 0.0638. The number of nitrogens with zero attached hydrogens (tertiary/aromatic N) is 3. The van der Waals surface area contributed by atoms with E-state index in [-0.39, 0.29) is 19.1 Å². The first-order valence-corrected chi connectivity index (χ1v) is 3.89. The number of aromatic nitrogens is 4. The molecule has 1 heterocycles. The fraction of sp³-hybridized carbons (Fsp3) is 0.667. The van der Waals surface area contributed by atoms with Crippen LogP contribution in [-0.4, -0.2) is 39.7 Å². The van der Waals surface area contributed by atoms with Gasteiger partial charge in [0.2, 0.25) is 5.91 Å². The number of tetrazole rings is 1. The van der Waals surface area contributed by atoms with Gasteiger partial charge < -0.3 is 10.1 Å². The summed E-state index contributed by atoms with van der Waals surface area (Å²) in [5, 5.41) is 15.5. The summed E-state index contributed by atoms with van der Waals surface area (Å²) in [6.07, 6.45) is 0. The number of rotatable bonds is 5. The van der Waals surface area contributed by atoms with Gasteiger partial charge in [0.25, 0.3) is 0 Å². The predicted molar refractivity (Wildman–Crippen MR) is 42.5 cm³/mol. The molecule has 1 aromatic rings. The number of hydrogen-bond donors (Lipinski definition) is 2. The smallest absolute Gasteiger partial charge is 0.246 e. The van der Waals surface area contributed by atoms with Crippen molar-refractivity contribution in [2.45, 2.75) is 13.5 Å². The Bertz CT molecular complexity index is 248. The topological polar surface area (TPSA) is 92.8 Å². The quantitative estimate of drug-likeness (QED) is 0.604. The minimum atomic E-state index is -0.188. The predicted octanol–water partition coefficient (Wildman–Crippen LogP) is -1.15.